The number of ether oxygens (including phenoxy) is 1. The fourth-order valence-electron chi connectivity index (χ4n) is 1.39. The van der Waals surface area contributed by atoms with Crippen molar-refractivity contribution in [2.45, 2.75) is 19.1 Å². The van der Waals surface area contributed by atoms with Crippen molar-refractivity contribution in [2.75, 3.05) is 6.61 Å². The molecule has 0 bridgehead atoms. The highest BCUT2D eigenvalue weighted by atomic mass is 16.5. The molecule has 0 aliphatic rings. The average Bonchev–Trinajstić information content (AvgIpc) is 2.38. The number of carbonyl (C=O) groups excluding carboxylic acids is 1. The number of hydrogen-bond donors (Lipinski definition) is 3. The highest BCUT2D eigenvalue weighted by molar-refractivity contribution is 5.75. The number of benzene rings is 1. The van der Waals surface area contributed by atoms with Gasteiger partial charge in [0, 0.05) is 5.56 Å². The first kappa shape index (κ1) is 14.0. The summed E-state index contributed by atoms with van der Waals surface area (Å²) in [7, 11) is 0. The van der Waals surface area contributed by atoms with Crippen LogP contribution in [0.25, 0.3) is 0 Å². The summed E-state index contributed by atoms with van der Waals surface area (Å²) in [5, 5.41) is 37.5. The Hall–Kier alpha value is -2.10. The molecule has 1 rings (SSSR count). The maximum atomic E-state index is 11.2. The third-order valence-corrected chi connectivity index (χ3v) is 2.30. The van der Waals surface area contributed by atoms with Crippen LogP contribution in [0.5, 0.6) is 5.75 Å². The van der Waals surface area contributed by atoms with Crippen molar-refractivity contribution in [1.29, 1.82) is 5.26 Å². The van der Waals surface area contributed by atoms with Gasteiger partial charge in [-0.1, -0.05) is 0 Å². The SMILES string of the molecule is CCOC(=O)C(O)C(O)c1cc(C#N)ccc1O. The molecule has 2 unspecified atom stereocenters. The second kappa shape index (κ2) is 6.00. The van der Waals surface area contributed by atoms with Gasteiger partial charge >= 0.3 is 5.97 Å². The third-order valence-electron chi connectivity index (χ3n) is 2.30. The van der Waals surface area contributed by atoms with Gasteiger partial charge in [0.1, 0.15) is 11.9 Å². The van der Waals surface area contributed by atoms with Crippen LogP contribution in [0.1, 0.15) is 24.2 Å². The summed E-state index contributed by atoms with van der Waals surface area (Å²) in [5.74, 6) is -1.31. The van der Waals surface area contributed by atoms with Crippen LogP contribution in [-0.4, -0.2) is 34.0 Å². The van der Waals surface area contributed by atoms with Crippen molar-refractivity contribution in [1.82, 2.24) is 0 Å². The summed E-state index contributed by atoms with van der Waals surface area (Å²) in [6.45, 7) is 1.62. The fourth-order valence-corrected chi connectivity index (χ4v) is 1.39. The van der Waals surface area contributed by atoms with E-state index in [9.17, 15) is 20.1 Å². The minimum absolute atomic E-state index is 0.0623. The van der Waals surface area contributed by atoms with Crippen LogP contribution in [0.4, 0.5) is 0 Å². The predicted molar refractivity (Wildman–Crippen MR) is 60.4 cm³/mol. The monoisotopic (exact) mass is 251 g/mol. The number of aromatic hydroxyl groups is 1. The molecule has 0 aliphatic heterocycles. The van der Waals surface area contributed by atoms with Crippen molar-refractivity contribution in [3.8, 4) is 11.8 Å². The van der Waals surface area contributed by atoms with Gasteiger partial charge in [-0.15, -0.1) is 0 Å². The van der Waals surface area contributed by atoms with Crippen LogP contribution < -0.4 is 0 Å². The average molecular weight is 251 g/mol. The molecule has 0 saturated heterocycles. The zero-order chi connectivity index (χ0) is 13.7. The Bertz CT molecular complexity index is 480. The number of carbonyl (C=O) groups is 1. The standard InChI is InChI=1S/C12H13NO5/c1-2-18-12(17)11(16)10(15)8-5-7(6-13)3-4-9(8)14/h3-5,10-11,14-16H,2H2,1H3. The Morgan fingerprint density at radius 1 is 1.50 bits per heavy atom. The molecular formula is C12H13NO5. The van der Waals surface area contributed by atoms with Crippen molar-refractivity contribution in [3.63, 3.8) is 0 Å². The minimum Gasteiger partial charge on any atom is -0.508 e. The summed E-state index contributed by atoms with van der Waals surface area (Å²) >= 11 is 0. The molecule has 0 saturated carbocycles. The summed E-state index contributed by atoms with van der Waals surface area (Å²) < 4.78 is 4.55. The number of nitriles is 1. The molecule has 96 valence electrons. The first-order valence-electron chi connectivity index (χ1n) is 5.27. The number of hydrogen-bond acceptors (Lipinski definition) is 6. The van der Waals surface area contributed by atoms with Gasteiger partial charge in [0.15, 0.2) is 6.10 Å². The van der Waals surface area contributed by atoms with E-state index in [0.29, 0.717) is 0 Å². The van der Waals surface area contributed by atoms with E-state index in [2.05, 4.69) is 4.74 Å². The summed E-state index contributed by atoms with van der Waals surface area (Å²) in [4.78, 5) is 11.2. The van der Waals surface area contributed by atoms with Crippen LogP contribution in [-0.2, 0) is 9.53 Å². The number of nitrogens with zero attached hydrogens (tertiary/aromatic N) is 1. The Morgan fingerprint density at radius 2 is 2.17 bits per heavy atom. The van der Waals surface area contributed by atoms with E-state index < -0.39 is 18.2 Å². The number of esters is 1. The number of aliphatic hydroxyl groups excluding tert-OH is 2. The van der Waals surface area contributed by atoms with Crippen LogP contribution >= 0.6 is 0 Å². The number of phenols is 1. The zero-order valence-electron chi connectivity index (χ0n) is 9.70. The second-order valence-electron chi connectivity index (χ2n) is 3.53. The van der Waals surface area contributed by atoms with Crippen LogP contribution in [0.3, 0.4) is 0 Å². The maximum absolute atomic E-state index is 11.2. The fraction of sp³-hybridized carbons (Fsp3) is 0.333. The number of rotatable bonds is 4. The number of aliphatic hydroxyl groups is 2. The lowest BCUT2D eigenvalue weighted by atomic mass is 10.0. The summed E-state index contributed by atoms with van der Waals surface area (Å²) in [6.07, 6.45) is -3.47. The predicted octanol–water partition coefficient (Wildman–Crippen LogP) is 0.221. The molecular weight excluding hydrogens is 238 g/mol. The van der Waals surface area contributed by atoms with Gasteiger partial charge in [0.05, 0.1) is 18.2 Å². The lowest BCUT2D eigenvalue weighted by Gasteiger charge is -2.17. The van der Waals surface area contributed by atoms with E-state index in [0.717, 1.165) is 0 Å². The maximum Gasteiger partial charge on any atom is 0.338 e. The van der Waals surface area contributed by atoms with Crippen LogP contribution in [0.15, 0.2) is 18.2 Å². The Kier molecular flexibility index (Phi) is 4.66. The zero-order valence-corrected chi connectivity index (χ0v) is 9.70. The Labute approximate surface area is 104 Å². The van der Waals surface area contributed by atoms with Crippen molar-refractivity contribution >= 4 is 5.97 Å². The highest BCUT2D eigenvalue weighted by Gasteiger charge is 2.29. The molecule has 6 heteroatoms. The molecule has 1 aromatic rings. The molecule has 3 N–H and O–H groups in total. The quantitative estimate of drug-likeness (QED) is 0.660. The van der Waals surface area contributed by atoms with Gasteiger partial charge in [0.2, 0.25) is 0 Å². The van der Waals surface area contributed by atoms with E-state index in [4.69, 9.17) is 5.26 Å². The lowest BCUT2D eigenvalue weighted by molar-refractivity contribution is -0.159. The van der Waals surface area contributed by atoms with Gasteiger partial charge in [-0.2, -0.15) is 5.26 Å². The van der Waals surface area contributed by atoms with Crippen molar-refractivity contribution in [2.24, 2.45) is 0 Å². The van der Waals surface area contributed by atoms with Crippen molar-refractivity contribution < 1.29 is 24.9 Å². The summed E-state index contributed by atoms with van der Waals surface area (Å²) in [6, 6.07) is 5.57. The third kappa shape index (κ3) is 2.97. The molecule has 1 aromatic carbocycles. The van der Waals surface area contributed by atoms with E-state index >= 15 is 0 Å². The second-order valence-corrected chi connectivity index (χ2v) is 3.53. The molecule has 6 nitrogen and oxygen atoms in total. The van der Waals surface area contributed by atoms with Crippen LogP contribution in [0.2, 0.25) is 0 Å². The van der Waals surface area contributed by atoms with E-state index in [-0.39, 0.29) is 23.5 Å². The van der Waals surface area contributed by atoms with Crippen molar-refractivity contribution in [3.05, 3.63) is 29.3 Å². The Morgan fingerprint density at radius 3 is 2.72 bits per heavy atom. The molecule has 0 radical (unpaired) electrons. The first-order valence-corrected chi connectivity index (χ1v) is 5.27. The molecule has 0 aromatic heterocycles. The largest absolute Gasteiger partial charge is 0.508 e. The highest BCUT2D eigenvalue weighted by Crippen LogP contribution is 2.27. The summed E-state index contributed by atoms with van der Waals surface area (Å²) in [5.41, 5.74) is 0.0903. The molecule has 18 heavy (non-hydrogen) atoms. The van der Waals surface area contributed by atoms with Gasteiger partial charge in [-0.25, -0.2) is 4.79 Å². The minimum atomic E-state index is -1.82. The van der Waals surface area contributed by atoms with Gasteiger partial charge in [-0.05, 0) is 25.1 Å². The van der Waals surface area contributed by atoms with Gasteiger partial charge in [0.25, 0.3) is 0 Å². The molecule has 2 atom stereocenters. The normalized spacial score (nSPS) is 13.4. The number of phenolic OH excluding ortho intramolecular Hbond substituents is 1. The smallest absolute Gasteiger partial charge is 0.338 e. The molecule has 0 fully saturated rings. The Balaban J connectivity index is 2.99. The first-order chi connectivity index (χ1) is 8.51. The van der Waals surface area contributed by atoms with Gasteiger partial charge in [-0.3, -0.25) is 0 Å². The lowest BCUT2D eigenvalue weighted by Crippen LogP contribution is -2.30. The molecule has 0 spiro atoms. The molecule has 0 aliphatic carbocycles. The van der Waals surface area contributed by atoms with E-state index in [1.54, 1.807) is 6.92 Å². The topological polar surface area (TPSA) is 111 Å². The molecule has 0 heterocycles. The van der Waals surface area contributed by atoms with Gasteiger partial charge < -0.3 is 20.1 Å². The molecule has 0 amide bonds. The van der Waals surface area contributed by atoms with E-state index in [1.807, 2.05) is 6.07 Å². The van der Waals surface area contributed by atoms with E-state index in [1.165, 1.54) is 18.2 Å². The van der Waals surface area contributed by atoms with Crippen LogP contribution in [0, 0.1) is 11.3 Å².